The fourth-order valence-corrected chi connectivity index (χ4v) is 3.58. The van der Waals surface area contributed by atoms with E-state index in [-0.39, 0.29) is 12.1 Å². The Balaban J connectivity index is 1.84. The van der Waals surface area contributed by atoms with Gasteiger partial charge in [-0.2, -0.15) is 14.6 Å². The molecule has 0 aliphatic carbocycles. The van der Waals surface area contributed by atoms with Gasteiger partial charge in [0.2, 0.25) is 0 Å². The van der Waals surface area contributed by atoms with E-state index in [0.29, 0.717) is 18.2 Å². The number of nitrogens with one attached hydrogen (secondary N) is 1. The molecule has 8 nitrogen and oxygen atoms in total. The lowest BCUT2D eigenvalue weighted by Gasteiger charge is -2.41. The Morgan fingerprint density at radius 2 is 2.19 bits per heavy atom. The van der Waals surface area contributed by atoms with Gasteiger partial charge in [-0.05, 0) is 46.0 Å². The largest absolute Gasteiger partial charge is 0.444 e. The van der Waals surface area contributed by atoms with Crippen LogP contribution in [-0.2, 0) is 11.2 Å². The summed E-state index contributed by atoms with van der Waals surface area (Å²) in [6.45, 7) is 11.4. The lowest BCUT2D eigenvalue weighted by molar-refractivity contribution is 0.0519. The second-order valence-electron chi connectivity index (χ2n) is 8.19. The summed E-state index contributed by atoms with van der Waals surface area (Å²) < 4.78 is 7.18. The monoisotopic (exact) mass is 374 g/mol. The highest BCUT2D eigenvalue weighted by molar-refractivity contribution is 5.67. The molecule has 2 unspecified atom stereocenters. The number of fused-ring (bicyclic) bond motifs is 1. The highest BCUT2D eigenvalue weighted by atomic mass is 16.6. The average Bonchev–Trinajstić information content (AvgIpc) is 3.06. The van der Waals surface area contributed by atoms with Crippen molar-refractivity contribution in [2.75, 3.05) is 18.0 Å². The van der Waals surface area contributed by atoms with Crippen molar-refractivity contribution in [1.29, 1.82) is 0 Å². The molecular formula is C19H30N6O2. The SMILES string of the molecule is CCc1cc(N2CCCC(C)C2CNC(=O)OC(C)(C)C)n2ncnc2n1. The predicted octanol–water partition coefficient (Wildman–Crippen LogP) is 2.82. The van der Waals surface area contributed by atoms with Gasteiger partial charge in [-0.25, -0.2) is 9.78 Å². The molecule has 2 aromatic heterocycles. The van der Waals surface area contributed by atoms with Crippen molar-refractivity contribution < 1.29 is 9.53 Å². The molecule has 148 valence electrons. The van der Waals surface area contributed by atoms with Crippen LogP contribution >= 0.6 is 0 Å². The van der Waals surface area contributed by atoms with Crippen LogP contribution in [0.1, 0.15) is 53.2 Å². The van der Waals surface area contributed by atoms with Crippen molar-refractivity contribution in [3.05, 3.63) is 18.1 Å². The van der Waals surface area contributed by atoms with E-state index >= 15 is 0 Å². The van der Waals surface area contributed by atoms with Gasteiger partial charge in [0.25, 0.3) is 5.78 Å². The van der Waals surface area contributed by atoms with Crippen LogP contribution in [0.2, 0.25) is 0 Å². The fourth-order valence-electron chi connectivity index (χ4n) is 3.58. The summed E-state index contributed by atoms with van der Waals surface area (Å²) in [7, 11) is 0. The van der Waals surface area contributed by atoms with Crippen molar-refractivity contribution in [2.24, 2.45) is 5.92 Å². The van der Waals surface area contributed by atoms with E-state index in [0.717, 1.165) is 37.3 Å². The number of aryl methyl sites for hydroxylation is 1. The quantitative estimate of drug-likeness (QED) is 0.886. The van der Waals surface area contributed by atoms with Crippen LogP contribution in [0.15, 0.2) is 12.4 Å². The van der Waals surface area contributed by atoms with Crippen LogP contribution in [0.4, 0.5) is 10.6 Å². The molecule has 8 heteroatoms. The number of carbonyl (C=O) groups is 1. The van der Waals surface area contributed by atoms with Crippen molar-refractivity contribution >= 4 is 17.7 Å². The molecular weight excluding hydrogens is 344 g/mol. The lowest BCUT2D eigenvalue weighted by atomic mass is 9.90. The number of piperidine rings is 1. The molecule has 27 heavy (non-hydrogen) atoms. The van der Waals surface area contributed by atoms with Crippen LogP contribution in [-0.4, -0.2) is 50.4 Å². The number of hydrogen-bond donors (Lipinski definition) is 1. The van der Waals surface area contributed by atoms with Crippen LogP contribution in [0.3, 0.4) is 0 Å². The minimum Gasteiger partial charge on any atom is -0.444 e. The molecule has 0 saturated carbocycles. The summed E-state index contributed by atoms with van der Waals surface area (Å²) in [4.78, 5) is 23.3. The molecule has 3 rings (SSSR count). The number of amides is 1. The maximum Gasteiger partial charge on any atom is 0.407 e. The molecule has 2 atom stereocenters. The maximum absolute atomic E-state index is 12.1. The maximum atomic E-state index is 12.1. The summed E-state index contributed by atoms with van der Waals surface area (Å²) in [5.74, 6) is 2.03. The Kier molecular flexibility index (Phi) is 5.53. The van der Waals surface area contributed by atoms with Crippen LogP contribution in [0.25, 0.3) is 5.78 Å². The summed E-state index contributed by atoms with van der Waals surface area (Å²) >= 11 is 0. The third-order valence-corrected chi connectivity index (χ3v) is 4.91. The second kappa shape index (κ2) is 7.70. The molecule has 0 spiro atoms. The number of nitrogens with zero attached hydrogens (tertiary/aromatic N) is 5. The Morgan fingerprint density at radius 1 is 1.41 bits per heavy atom. The molecule has 0 aromatic carbocycles. The van der Waals surface area contributed by atoms with Crippen molar-refractivity contribution in [3.63, 3.8) is 0 Å². The van der Waals surface area contributed by atoms with Gasteiger partial charge in [-0.15, -0.1) is 0 Å². The fraction of sp³-hybridized carbons (Fsp3) is 0.684. The van der Waals surface area contributed by atoms with Gasteiger partial charge in [0.1, 0.15) is 17.7 Å². The highest BCUT2D eigenvalue weighted by Gasteiger charge is 2.31. The van der Waals surface area contributed by atoms with Gasteiger partial charge >= 0.3 is 6.09 Å². The summed E-state index contributed by atoms with van der Waals surface area (Å²) in [5.41, 5.74) is 0.485. The van der Waals surface area contributed by atoms with Crippen molar-refractivity contribution in [1.82, 2.24) is 24.9 Å². The van der Waals surface area contributed by atoms with Gasteiger partial charge in [0, 0.05) is 24.8 Å². The van der Waals surface area contributed by atoms with Crippen molar-refractivity contribution in [2.45, 2.75) is 65.5 Å². The first-order valence-corrected chi connectivity index (χ1v) is 9.71. The Hall–Kier alpha value is -2.38. The van der Waals surface area contributed by atoms with E-state index in [1.807, 2.05) is 20.8 Å². The van der Waals surface area contributed by atoms with Gasteiger partial charge in [-0.3, -0.25) is 0 Å². The number of hydrogen-bond acceptors (Lipinski definition) is 6. The normalized spacial score (nSPS) is 20.7. The first kappa shape index (κ1) is 19.4. The molecule has 1 aliphatic heterocycles. The zero-order valence-corrected chi connectivity index (χ0v) is 16.9. The minimum absolute atomic E-state index is 0.158. The summed E-state index contributed by atoms with van der Waals surface area (Å²) in [6.07, 6.45) is 4.22. The smallest absolute Gasteiger partial charge is 0.407 e. The zero-order valence-electron chi connectivity index (χ0n) is 16.9. The Morgan fingerprint density at radius 3 is 2.89 bits per heavy atom. The predicted molar refractivity (Wildman–Crippen MR) is 104 cm³/mol. The number of carbonyl (C=O) groups excluding carboxylic acids is 1. The highest BCUT2D eigenvalue weighted by Crippen LogP contribution is 2.29. The van der Waals surface area contributed by atoms with E-state index in [1.54, 1.807) is 4.52 Å². The molecule has 2 aromatic rings. The zero-order chi connectivity index (χ0) is 19.6. The average molecular weight is 374 g/mol. The van der Waals surface area contributed by atoms with E-state index in [2.05, 4.69) is 45.2 Å². The minimum atomic E-state index is -0.504. The van der Waals surface area contributed by atoms with Gasteiger partial charge < -0.3 is 15.0 Å². The first-order valence-electron chi connectivity index (χ1n) is 9.71. The molecule has 1 amide bonds. The molecule has 1 aliphatic rings. The van der Waals surface area contributed by atoms with Crippen molar-refractivity contribution in [3.8, 4) is 0 Å². The Labute approximate surface area is 160 Å². The second-order valence-corrected chi connectivity index (χ2v) is 8.19. The summed E-state index contributed by atoms with van der Waals surface area (Å²) in [6, 6.07) is 2.24. The van der Waals surface area contributed by atoms with Gasteiger partial charge in [0.05, 0.1) is 6.04 Å². The lowest BCUT2D eigenvalue weighted by Crippen LogP contribution is -2.52. The Bertz CT molecular complexity index is 797. The topological polar surface area (TPSA) is 84.7 Å². The number of rotatable bonds is 4. The van der Waals surface area contributed by atoms with E-state index in [1.165, 1.54) is 6.33 Å². The van der Waals surface area contributed by atoms with Crippen LogP contribution < -0.4 is 10.2 Å². The third-order valence-electron chi connectivity index (χ3n) is 4.91. The molecule has 0 bridgehead atoms. The number of alkyl carbamates (subject to hydrolysis) is 1. The first-order chi connectivity index (χ1) is 12.8. The van der Waals surface area contributed by atoms with Gasteiger partial charge in [0.15, 0.2) is 0 Å². The molecule has 1 N–H and O–H groups in total. The number of aromatic nitrogens is 4. The van der Waals surface area contributed by atoms with E-state index in [9.17, 15) is 4.79 Å². The molecule has 1 fully saturated rings. The van der Waals surface area contributed by atoms with Crippen LogP contribution in [0.5, 0.6) is 0 Å². The molecule has 3 heterocycles. The molecule has 1 saturated heterocycles. The summed E-state index contributed by atoms with van der Waals surface area (Å²) in [5, 5.41) is 7.31. The standard InChI is InChI=1S/C19H30N6O2/c1-6-14-10-16(25-17(23-14)21-12-22-25)24-9-7-8-13(2)15(24)11-20-18(26)27-19(3,4)5/h10,12-13,15H,6-9,11H2,1-5H3,(H,20,26). The van der Waals surface area contributed by atoms with E-state index in [4.69, 9.17) is 4.74 Å². The molecule has 0 radical (unpaired) electrons. The van der Waals surface area contributed by atoms with E-state index < -0.39 is 5.60 Å². The third kappa shape index (κ3) is 4.48. The number of ether oxygens (including phenoxy) is 1. The number of anilines is 1. The van der Waals surface area contributed by atoms with Crippen LogP contribution in [0, 0.1) is 5.92 Å². The van der Waals surface area contributed by atoms with Gasteiger partial charge in [-0.1, -0.05) is 13.8 Å².